The van der Waals surface area contributed by atoms with Gasteiger partial charge in [-0.3, -0.25) is 0 Å². The smallest absolute Gasteiger partial charge is 0.243 e. The predicted octanol–water partition coefficient (Wildman–Crippen LogP) is 3.66. The van der Waals surface area contributed by atoms with Gasteiger partial charge in [-0.25, -0.2) is 8.42 Å². The molecule has 1 aliphatic heterocycles. The Balaban J connectivity index is 2.46. The summed E-state index contributed by atoms with van der Waals surface area (Å²) < 4.78 is 33.5. The summed E-state index contributed by atoms with van der Waals surface area (Å²) in [7, 11) is -3.46. The second kappa shape index (κ2) is 7.01. The summed E-state index contributed by atoms with van der Waals surface area (Å²) in [5, 5.41) is 0. The minimum Gasteiger partial charge on any atom is -0.494 e. The standard InChI is InChI=1S/C17H27NO3S/c1-5-15-9-7-8-10-18(15)22(19,20)17-12-16(21-6-2)13(3)11-14(17)4/h11-12,15H,5-10H2,1-4H3/t15-/m0/s1. The van der Waals surface area contributed by atoms with Crippen molar-refractivity contribution in [2.24, 2.45) is 0 Å². The third-order valence-corrected chi connectivity index (χ3v) is 6.50. The van der Waals surface area contributed by atoms with Gasteiger partial charge in [0.25, 0.3) is 0 Å². The second-order valence-corrected chi connectivity index (χ2v) is 7.85. The van der Waals surface area contributed by atoms with E-state index in [-0.39, 0.29) is 6.04 Å². The quantitative estimate of drug-likeness (QED) is 0.830. The van der Waals surface area contributed by atoms with Gasteiger partial charge in [-0.2, -0.15) is 4.31 Å². The van der Waals surface area contributed by atoms with Crippen LogP contribution in [0, 0.1) is 13.8 Å². The van der Waals surface area contributed by atoms with E-state index in [1.54, 1.807) is 10.4 Å². The van der Waals surface area contributed by atoms with E-state index < -0.39 is 10.0 Å². The fourth-order valence-corrected chi connectivity index (χ4v) is 5.22. The van der Waals surface area contributed by atoms with E-state index in [2.05, 4.69) is 6.92 Å². The number of benzene rings is 1. The van der Waals surface area contributed by atoms with Crippen molar-refractivity contribution in [3.63, 3.8) is 0 Å². The van der Waals surface area contributed by atoms with E-state index in [0.29, 0.717) is 23.8 Å². The molecular formula is C17H27NO3S. The molecule has 0 aromatic heterocycles. The zero-order valence-corrected chi connectivity index (χ0v) is 14.9. The molecule has 124 valence electrons. The monoisotopic (exact) mass is 325 g/mol. The molecule has 4 nitrogen and oxygen atoms in total. The van der Waals surface area contributed by atoms with Crippen molar-refractivity contribution in [1.29, 1.82) is 0 Å². The van der Waals surface area contributed by atoms with Crippen LogP contribution in [-0.4, -0.2) is 31.9 Å². The Bertz CT molecular complexity index is 625. The van der Waals surface area contributed by atoms with Crippen molar-refractivity contribution in [3.8, 4) is 5.75 Å². The lowest BCUT2D eigenvalue weighted by Gasteiger charge is -2.34. The molecule has 0 aliphatic carbocycles. The highest BCUT2D eigenvalue weighted by atomic mass is 32.2. The van der Waals surface area contributed by atoms with Crippen LogP contribution in [0.25, 0.3) is 0 Å². The van der Waals surface area contributed by atoms with Crippen LogP contribution >= 0.6 is 0 Å². The third-order valence-electron chi connectivity index (χ3n) is 4.40. The summed E-state index contributed by atoms with van der Waals surface area (Å²) in [5.74, 6) is 0.664. The van der Waals surface area contributed by atoms with Crippen molar-refractivity contribution in [2.75, 3.05) is 13.2 Å². The zero-order valence-electron chi connectivity index (χ0n) is 14.1. The molecule has 0 radical (unpaired) electrons. The molecule has 1 saturated heterocycles. The number of nitrogens with zero attached hydrogens (tertiary/aromatic N) is 1. The molecule has 0 saturated carbocycles. The molecule has 0 bridgehead atoms. The molecule has 1 atom stereocenters. The summed E-state index contributed by atoms with van der Waals surface area (Å²) in [6.45, 7) is 8.94. The lowest BCUT2D eigenvalue weighted by molar-refractivity contribution is 0.246. The van der Waals surface area contributed by atoms with Crippen LogP contribution in [0.1, 0.15) is 50.7 Å². The topological polar surface area (TPSA) is 46.6 Å². The lowest BCUT2D eigenvalue weighted by Crippen LogP contribution is -2.43. The van der Waals surface area contributed by atoms with Gasteiger partial charge in [0.15, 0.2) is 0 Å². The minimum absolute atomic E-state index is 0.120. The Morgan fingerprint density at radius 2 is 1.91 bits per heavy atom. The van der Waals surface area contributed by atoms with E-state index in [1.165, 1.54) is 0 Å². The van der Waals surface area contributed by atoms with Gasteiger partial charge in [0.2, 0.25) is 10.0 Å². The summed E-state index contributed by atoms with van der Waals surface area (Å²) >= 11 is 0. The number of ether oxygens (including phenoxy) is 1. The normalized spacial score (nSPS) is 20.1. The first kappa shape index (κ1) is 17.3. The third kappa shape index (κ3) is 3.30. The molecule has 1 aromatic carbocycles. The molecule has 1 heterocycles. The average Bonchev–Trinajstić information content (AvgIpc) is 2.49. The molecule has 0 spiro atoms. The van der Waals surface area contributed by atoms with Gasteiger partial charge >= 0.3 is 0 Å². The van der Waals surface area contributed by atoms with E-state index in [1.807, 2.05) is 26.8 Å². The average molecular weight is 325 g/mol. The molecule has 2 rings (SSSR count). The summed E-state index contributed by atoms with van der Waals surface area (Å²) in [6.07, 6.45) is 3.88. The Hall–Kier alpha value is -1.07. The molecule has 5 heteroatoms. The Kier molecular flexibility index (Phi) is 5.50. The first-order chi connectivity index (χ1) is 10.4. The summed E-state index contributed by atoms with van der Waals surface area (Å²) in [5.41, 5.74) is 1.77. The molecule has 1 aliphatic rings. The second-order valence-electron chi connectivity index (χ2n) is 5.99. The summed E-state index contributed by atoms with van der Waals surface area (Å²) in [4.78, 5) is 0.391. The van der Waals surface area contributed by atoms with Crippen LogP contribution in [-0.2, 0) is 10.0 Å². The van der Waals surface area contributed by atoms with Crippen LogP contribution < -0.4 is 4.74 Å². The summed E-state index contributed by atoms with van der Waals surface area (Å²) in [6, 6.07) is 3.73. The molecule has 1 fully saturated rings. The van der Waals surface area contributed by atoms with Crippen LogP contribution in [0.5, 0.6) is 5.75 Å². The van der Waals surface area contributed by atoms with Crippen molar-refractivity contribution in [1.82, 2.24) is 4.31 Å². The first-order valence-corrected chi connectivity index (χ1v) is 9.61. The van der Waals surface area contributed by atoms with Crippen LogP contribution in [0.15, 0.2) is 17.0 Å². The largest absolute Gasteiger partial charge is 0.494 e. The molecule has 0 amide bonds. The van der Waals surface area contributed by atoms with E-state index >= 15 is 0 Å². The van der Waals surface area contributed by atoms with Crippen LogP contribution in [0.4, 0.5) is 0 Å². The van der Waals surface area contributed by atoms with Gasteiger partial charge in [0.1, 0.15) is 5.75 Å². The molecule has 1 aromatic rings. The highest BCUT2D eigenvalue weighted by Gasteiger charge is 2.33. The number of piperidine rings is 1. The van der Waals surface area contributed by atoms with Crippen LogP contribution in [0.2, 0.25) is 0 Å². The lowest BCUT2D eigenvalue weighted by atomic mass is 10.0. The first-order valence-electron chi connectivity index (χ1n) is 8.17. The van der Waals surface area contributed by atoms with Gasteiger partial charge in [-0.1, -0.05) is 19.4 Å². The Morgan fingerprint density at radius 1 is 1.18 bits per heavy atom. The van der Waals surface area contributed by atoms with Gasteiger partial charge in [-0.05, 0) is 51.2 Å². The SMILES string of the molecule is CCOc1cc(S(=O)(=O)N2CCCC[C@@H]2CC)c(C)cc1C. The molecule has 0 unspecified atom stereocenters. The number of aryl methyl sites for hydroxylation is 2. The van der Waals surface area contributed by atoms with E-state index in [9.17, 15) is 8.42 Å². The van der Waals surface area contributed by atoms with Crippen molar-refractivity contribution in [3.05, 3.63) is 23.3 Å². The van der Waals surface area contributed by atoms with Gasteiger partial charge in [-0.15, -0.1) is 0 Å². The zero-order chi connectivity index (χ0) is 16.3. The number of hydrogen-bond donors (Lipinski definition) is 0. The van der Waals surface area contributed by atoms with Gasteiger partial charge < -0.3 is 4.74 Å². The Labute approximate surface area is 134 Å². The van der Waals surface area contributed by atoms with Gasteiger partial charge in [0.05, 0.1) is 11.5 Å². The molecule has 0 N–H and O–H groups in total. The highest BCUT2D eigenvalue weighted by molar-refractivity contribution is 7.89. The van der Waals surface area contributed by atoms with Gasteiger partial charge in [0, 0.05) is 18.7 Å². The highest BCUT2D eigenvalue weighted by Crippen LogP contribution is 2.32. The number of hydrogen-bond acceptors (Lipinski definition) is 3. The fourth-order valence-electron chi connectivity index (χ4n) is 3.23. The fraction of sp³-hybridized carbons (Fsp3) is 0.647. The van der Waals surface area contributed by atoms with Crippen LogP contribution in [0.3, 0.4) is 0 Å². The Morgan fingerprint density at radius 3 is 2.55 bits per heavy atom. The molecular weight excluding hydrogens is 298 g/mol. The minimum atomic E-state index is -3.46. The van der Waals surface area contributed by atoms with Crippen molar-refractivity contribution in [2.45, 2.75) is 64.3 Å². The maximum Gasteiger partial charge on any atom is 0.243 e. The number of sulfonamides is 1. The van der Waals surface area contributed by atoms with Crippen molar-refractivity contribution < 1.29 is 13.2 Å². The maximum absolute atomic E-state index is 13.1. The maximum atomic E-state index is 13.1. The van der Waals surface area contributed by atoms with E-state index in [0.717, 1.165) is 36.8 Å². The predicted molar refractivity (Wildman–Crippen MR) is 88.9 cm³/mol. The van der Waals surface area contributed by atoms with Crippen molar-refractivity contribution >= 4 is 10.0 Å². The van der Waals surface area contributed by atoms with E-state index in [4.69, 9.17) is 4.74 Å². The number of rotatable bonds is 5. The molecule has 22 heavy (non-hydrogen) atoms.